The summed E-state index contributed by atoms with van der Waals surface area (Å²) in [6, 6.07) is 5.31. The first kappa shape index (κ1) is 13.2. The number of fused-ring (bicyclic) bond motifs is 1. The lowest BCUT2D eigenvalue weighted by Crippen LogP contribution is -2.39. The monoisotopic (exact) mass is 278 g/mol. The van der Waals surface area contributed by atoms with Crippen LogP contribution in [0.25, 0.3) is 0 Å². The predicted molar refractivity (Wildman–Crippen MR) is 71.3 cm³/mol. The number of hydrogen-bond acceptors (Lipinski definition) is 5. The van der Waals surface area contributed by atoms with E-state index in [0.717, 1.165) is 25.9 Å². The maximum Gasteiger partial charge on any atom is 0.253 e. The maximum atomic E-state index is 12.4. The van der Waals surface area contributed by atoms with E-state index in [4.69, 9.17) is 15.4 Å². The fraction of sp³-hybridized carbons (Fsp3) is 0.500. The fourth-order valence-corrected chi connectivity index (χ4v) is 2.65. The first-order chi connectivity index (χ1) is 9.78. The van der Waals surface area contributed by atoms with Gasteiger partial charge in [-0.3, -0.25) is 4.79 Å². The number of nitrogens with zero attached hydrogens (tertiary/aromatic N) is 1. The number of rotatable bonds is 3. The van der Waals surface area contributed by atoms with E-state index in [9.17, 15) is 4.79 Å². The van der Waals surface area contributed by atoms with Gasteiger partial charge in [-0.2, -0.15) is 0 Å². The van der Waals surface area contributed by atoms with E-state index in [1.54, 1.807) is 18.2 Å². The molecule has 1 fully saturated rings. The van der Waals surface area contributed by atoms with E-state index in [2.05, 4.69) is 4.84 Å². The molecule has 0 bridgehead atoms. The summed E-state index contributed by atoms with van der Waals surface area (Å²) < 4.78 is 10.5. The molecule has 108 valence electrons. The van der Waals surface area contributed by atoms with Gasteiger partial charge in [0.2, 0.25) is 6.79 Å². The number of ether oxygens (including phenoxy) is 2. The number of benzene rings is 1. The fourth-order valence-electron chi connectivity index (χ4n) is 2.65. The molecule has 1 aromatic carbocycles. The lowest BCUT2D eigenvalue weighted by molar-refractivity contribution is 0.0525. The molecule has 3 rings (SSSR count). The van der Waals surface area contributed by atoms with Gasteiger partial charge in [0.15, 0.2) is 11.5 Å². The van der Waals surface area contributed by atoms with Crippen molar-refractivity contribution in [2.24, 2.45) is 11.8 Å². The van der Waals surface area contributed by atoms with Gasteiger partial charge in [0.25, 0.3) is 5.91 Å². The van der Waals surface area contributed by atoms with Gasteiger partial charge < -0.3 is 19.2 Å². The van der Waals surface area contributed by atoms with Crippen molar-refractivity contribution in [2.45, 2.75) is 12.8 Å². The van der Waals surface area contributed by atoms with Crippen LogP contribution in [0.3, 0.4) is 0 Å². The number of carbonyl (C=O) groups excluding carboxylic acids is 1. The largest absolute Gasteiger partial charge is 0.454 e. The molecule has 1 aromatic rings. The molecule has 0 radical (unpaired) electrons. The molecule has 0 aromatic heterocycles. The second-order valence-electron chi connectivity index (χ2n) is 5.14. The highest BCUT2D eigenvalue weighted by molar-refractivity contribution is 5.95. The molecule has 1 amide bonds. The summed E-state index contributed by atoms with van der Waals surface area (Å²) in [5.74, 6) is 6.91. The Hall–Kier alpha value is -1.79. The zero-order valence-electron chi connectivity index (χ0n) is 11.2. The highest BCUT2D eigenvalue weighted by atomic mass is 16.7. The van der Waals surface area contributed by atoms with Gasteiger partial charge in [-0.05, 0) is 37.0 Å². The van der Waals surface area contributed by atoms with E-state index < -0.39 is 0 Å². The van der Waals surface area contributed by atoms with E-state index in [1.165, 1.54) is 0 Å². The summed E-state index contributed by atoms with van der Waals surface area (Å²) in [4.78, 5) is 19.0. The Morgan fingerprint density at radius 3 is 2.80 bits per heavy atom. The summed E-state index contributed by atoms with van der Waals surface area (Å²) in [5.41, 5.74) is 0.641. The third kappa shape index (κ3) is 2.57. The third-order valence-corrected chi connectivity index (χ3v) is 3.85. The minimum atomic E-state index is 0.0374. The Morgan fingerprint density at radius 2 is 2.05 bits per heavy atom. The van der Waals surface area contributed by atoms with Crippen LogP contribution in [0.5, 0.6) is 11.5 Å². The minimum Gasteiger partial charge on any atom is -0.454 e. The van der Waals surface area contributed by atoms with Crippen LogP contribution in [0.4, 0.5) is 0 Å². The van der Waals surface area contributed by atoms with Gasteiger partial charge >= 0.3 is 0 Å². The lowest BCUT2D eigenvalue weighted by Gasteiger charge is -2.31. The molecule has 2 aliphatic heterocycles. The molecule has 0 atom stereocenters. The van der Waals surface area contributed by atoms with E-state index in [1.807, 2.05) is 4.90 Å². The molecule has 1 saturated heterocycles. The summed E-state index contributed by atoms with van der Waals surface area (Å²) in [5, 5.41) is 0. The van der Waals surface area contributed by atoms with Crippen molar-refractivity contribution in [2.75, 3.05) is 26.5 Å². The summed E-state index contributed by atoms with van der Waals surface area (Å²) in [6.45, 7) is 2.26. The molecule has 20 heavy (non-hydrogen) atoms. The van der Waals surface area contributed by atoms with Crippen LogP contribution in [-0.4, -0.2) is 37.3 Å². The highest BCUT2D eigenvalue weighted by Crippen LogP contribution is 2.33. The normalized spacial score (nSPS) is 18.4. The Morgan fingerprint density at radius 1 is 1.30 bits per heavy atom. The van der Waals surface area contributed by atoms with Gasteiger partial charge in [0.05, 0.1) is 6.61 Å². The highest BCUT2D eigenvalue weighted by Gasteiger charge is 2.25. The van der Waals surface area contributed by atoms with Crippen molar-refractivity contribution >= 4 is 5.91 Å². The molecular formula is C14H18N2O4. The van der Waals surface area contributed by atoms with Crippen LogP contribution in [0.15, 0.2) is 18.2 Å². The standard InChI is InChI=1S/C14H18N2O4/c15-20-8-10-3-5-16(6-4-10)14(17)11-1-2-12-13(7-11)19-9-18-12/h1-2,7,10H,3-6,8-9,15H2. The summed E-state index contributed by atoms with van der Waals surface area (Å²) >= 11 is 0. The molecule has 6 heteroatoms. The van der Waals surface area contributed by atoms with Crippen LogP contribution < -0.4 is 15.4 Å². The van der Waals surface area contributed by atoms with Crippen molar-refractivity contribution < 1.29 is 19.1 Å². The van der Waals surface area contributed by atoms with Crippen LogP contribution in [0.2, 0.25) is 0 Å². The van der Waals surface area contributed by atoms with Gasteiger partial charge in [-0.25, -0.2) is 5.90 Å². The summed E-state index contributed by atoms with van der Waals surface area (Å²) in [6.07, 6.45) is 1.85. The SMILES string of the molecule is NOCC1CCN(C(=O)c2ccc3c(c2)OCO3)CC1. The maximum absolute atomic E-state index is 12.4. The van der Waals surface area contributed by atoms with Crippen molar-refractivity contribution in [3.05, 3.63) is 23.8 Å². The average molecular weight is 278 g/mol. The molecule has 0 aliphatic carbocycles. The minimum absolute atomic E-state index is 0.0374. The Labute approximate surface area is 117 Å². The topological polar surface area (TPSA) is 74.0 Å². The number of nitrogens with two attached hydrogens (primary N) is 1. The van der Waals surface area contributed by atoms with Gasteiger partial charge in [-0.1, -0.05) is 0 Å². The smallest absolute Gasteiger partial charge is 0.253 e. The van der Waals surface area contributed by atoms with Crippen molar-refractivity contribution in [1.29, 1.82) is 0 Å². The molecule has 0 spiro atoms. The Bertz CT molecular complexity index is 498. The van der Waals surface area contributed by atoms with Crippen molar-refractivity contribution in [3.8, 4) is 11.5 Å². The molecule has 2 heterocycles. The average Bonchev–Trinajstić information content (AvgIpc) is 2.95. The van der Waals surface area contributed by atoms with Crippen LogP contribution in [0, 0.1) is 5.92 Å². The van der Waals surface area contributed by atoms with Gasteiger partial charge in [0, 0.05) is 18.7 Å². The first-order valence-electron chi connectivity index (χ1n) is 6.78. The van der Waals surface area contributed by atoms with Crippen LogP contribution in [-0.2, 0) is 4.84 Å². The first-order valence-corrected chi connectivity index (χ1v) is 6.78. The number of piperidine rings is 1. The van der Waals surface area contributed by atoms with Crippen LogP contribution >= 0.6 is 0 Å². The third-order valence-electron chi connectivity index (χ3n) is 3.85. The van der Waals surface area contributed by atoms with E-state index in [0.29, 0.717) is 29.6 Å². The molecule has 6 nitrogen and oxygen atoms in total. The number of amides is 1. The van der Waals surface area contributed by atoms with Crippen LogP contribution in [0.1, 0.15) is 23.2 Å². The Kier molecular flexibility index (Phi) is 3.75. The zero-order chi connectivity index (χ0) is 13.9. The second kappa shape index (κ2) is 5.68. The zero-order valence-corrected chi connectivity index (χ0v) is 11.2. The molecular weight excluding hydrogens is 260 g/mol. The lowest BCUT2D eigenvalue weighted by atomic mass is 9.97. The predicted octanol–water partition coefficient (Wildman–Crippen LogP) is 1.16. The number of likely N-dealkylation sites (tertiary alicyclic amines) is 1. The molecule has 2 N–H and O–H groups in total. The molecule has 0 saturated carbocycles. The number of carbonyl (C=O) groups is 1. The van der Waals surface area contributed by atoms with E-state index >= 15 is 0 Å². The van der Waals surface area contributed by atoms with Gasteiger partial charge in [0.1, 0.15) is 0 Å². The quantitative estimate of drug-likeness (QED) is 0.840. The van der Waals surface area contributed by atoms with Crippen molar-refractivity contribution in [1.82, 2.24) is 4.90 Å². The summed E-state index contributed by atoms with van der Waals surface area (Å²) in [7, 11) is 0. The molecule has 0 unspecified atom stereocenters. The second-order valence-corrected chi connectivity index (χ2v) is 5.14. The molecule has 2 aliphatic rings. The van der Waals surface area contributed by atoms with E-state index in [-0.39, 0.29) is 12.7 Å². The Balaban J connectivity index is 1.65. The van der Waals surface area contributed by atoms with Crippen molar-refractivity contribution in [3.63, 3.8) is 0 Å². The number of hydrogen-bond donors (Lipinski definition) is 1. The van der Waals surface area contributed by atoms with Gasteiger partial charge in [-0.15, -0.1) is 0 Å².